The molecule has 1 aromatic carbocycles. The van der Waals surface area contributed by atoms with Gasteiger partial charge in [-0.2, -0.15) is 6.42 Å². The quantitative estimate of drug-likeness (QED) is 0.294. The second kappa shape index (κ2) is 9.51. The van der Waals surface area contributed by atoms with Crippen LogP contribution in [0.5, 0.6) is 0 Å². The minimum absolute atomic E-state index is 0. The predicted molar refractivity (Wildman–Crippen MR) is 81.2 cm³/mol. The fraction of sp³-hybridized carbons (Fsp3) is 0.333. The van der Waals surface area contributed by atoms with E-state index in [4.69, 9.17) is 26.8 Å². The van der Waals surface area contributed by atoms with Crippen LogP contribution in [-0.2, 0) is 21.1 Å². The summed E-state index contributed by atoms with van der Waals surface area (Å²) in [5.41, 5.74) is 9.51. The van der Waals surface area contributed by atoms with Crippen molar-refractivity contribution in [3.63, 3.8) is 0 Å². The van der Waals surface area contributed by atoms with E-state index in [1.54, 1.807) is 0 Å². The van der Waals surface area contributed by atoms with Crippen LogP contribution in [0.25, 0.3) is 0 Å². The van der Waals surface area contributed by atoms with Crippen LogP contribution in [0.2, 0.25) is 0 Å². The minimum Gasteiger partial charge on any atom is -0.478 e. The van der Waals surface area contributed by atoms with Gasteiger partial charge >= 0.3 is 17.9 Å². The molecule has 24 heavy (non-hydrogen) atoms. The molecule has 0 saturated heterocycles. The molecule has 1 aliphatic rings. The van der Waals surface area contributed by atoms with E-state index in [0.29, 0.717) is 0 Å². The van der Waals surface area contributed by atoms with Crippen molar-refractivity contribution in [3.05, 3.63) is 41.3 Å². The van der Waals surface area contributed by atoms with Gasteiger partial charge in [0.2, 0.25) is 0 Å². The Kier molecular flexibility index (Phi) is 8.82. The van der Waals surface area contributed by atoms with Crippen molar-refractivity contribution in [1.29, 1.82) is 0 Å². The van der Waals surface area contributed by atoms with Crippen molar-refractivity contribution in [2.45, 2.75) is 31.3 Å². The molecule has 0 heterocycles. The zero-order valence-corrected chi connectivity index (χ0v) is 14.9. The Morgan fingerprint density at radius 1 is 0.958 bits per heavy atom. The SMILES string of the molecule is NC1(N)[CH-]CCCC1.O=C(O)c1ccc(C(=O)O)c(C(=O)O)c1.[Pt]. The standard InChI is InChI=1S/C9H6O6.C6H13N2.Pt/c10-7(11)4-1-2-5(8(12)13)6(3-4)9(14)15;7-6(8)4-2-1-3-5-6;/h1-3H,(H,10,11)(H,12,13)(H,14,15);4H,1-3,5,7-8H2;/q;-1;. The molecule has 0 atom stereocenters. The minimum atomic E-state index is -1.48. The largest absolute Gasteiger partial charge is 0.478 e. The van der Waals surface area contributed by atoms with Gasteiger partial charge in [-0.3, -0.25) is 6.42 Å². The molecule has 1 aliphatic carbocycles. The smallest absolute Gasteiger partial charge is 0.336 e. The van der Waals surface area contributed by atoms with Gasteiger partial charge in [-0.05, 0) is 18.2 Å². The van der Waals surface area contributed by atoms with E-state index in [0.717, 1.165) is 31.0 Å². The van der Waals surface area contributed by atoms with Gasteiger partial charge in [0.1, 0.15) is 0 Å². The zero-order valence-electron chi connectivity index (χ0n) is 12.7. The number of nitrogens with two attached hydrogens (primary N) is 2. The summed E-state index contributed by atoms with van der Waals surface area (Å²) in [6.45, 7) is 0. The topological polar surface area (TPSA) is 164 Å². The molecule has 0 amide bonds. The van der Waals surface area contributed by atoms with Gasteiger partial charge in [0.25, 0.3) is 0 Å². The Balaban J connectivity index is 0.000000498. The molecule has 8 nitrogen and oxygen atoms in total. The van der Waals surface area contributed by atoms with Crippen molar-refractivity contribution < 1.29 is 50.8 Å². The van der Waals surface area contributed by atoms with E-state index in [-0.39, 0.29) is 26.6 Å². The third-order valence-corrected chi connectivity index (χ3v) is 3.32. The number of hydrogen-bond donors (Lipinski definition) is 5. The van der Waals surface area contributed by atoms with Crippen molar-refractivity contribution >= 4 is 17.9 Å². The fourth-order valence-corrected chi connectivity index (χ4v) is 2.09. The summed E-state index contributed by atoms with van der Waals surface area (Å²) in [4.78, 5) is 31.8. The summed E-state index contributed by atoms with van der Waals surface area (Å²) in [7, 11) is 0. The number of benzene rings is 1. The molecule has 1 fully saturated rings. The van der Waals surface area contributed by atoms with Gasteiger partial charge < -0.3 is 26.8 Å². The predicted octanol–water partition coefficient (Wildman–Crippen LogP) is 1.16. The first-order chi connectivity index (χ1) is 10.6. The van der Waals surface area contributed by atoms with E-state index in [9.17, 15) is 14.4 Å². The maximum absolute atomic E-state index is 10.6. The Morgan fingerprint density at radius 2 is 1.54 bits per heavy atom. The van der Waals surface area contributed by atoms with Crippen LogP contribution in [0.15, 0.2) is 18.2 Å². The second-order valence-electron chi connectivity index (χ2n) is 5.24. The Labute approximate surface area is 153 Å². The van der Waals surface area contributed by atoms with E-state index in [1.165, 1.54) is 12.8 Å². The molecular formula is C15H19N2O6Pt-. The number of carboxylic acid groups (broad SMARTS) is 3. The number of carboxylic acids is 3. The first-order valence-electron chi connectivity index (χ1n) is 6.90. The normalized spacial score (nSPS) is 15.2. The molecular weight excluding hydrogens is 499 g/mol. The summed E-state index contributed by atoms with van der Waals surface area (Å²) in [5, 5.41) is 25.9. The van der Waals surface area contributed by atoms with Crippen LogP contribution in [-0.4, -0.2) is 38.9 Å². The van der Waals surface area contributed by atoms with Crippen molar-refractivity contribution in [1.82, 2.24) is 0 Å². The zero-order chi connectivity index (χ0) is 17.6. The van der Waals surface area contributed by atoms with Gasteiger partial charge in [-0.15, -0.1) is 0 Å². The Bertz CT molecular complexity index is 610. The van der Waals surface area contributed by atoms with Gasteiger partial charge in [0.15, 0.2) is 0 Å². The maximum Gasteiger partial charge on any atom is 0.336 e. The molecule has 1 aromatic rings. The summed E-state index contributed by atoms with van der Waals surface area (Å²) in [6, 6.07) is 2.81. The Hall–Kier alpha value is -1.76. The Morgan fingerprint density at radius 3 is 1.88 bits per heavy atom. The van der Waals surface area contributed by atoms with Gasteiger partial charge in [-0.1, -0.05) is 24.9 Å². The van der Waals surface area contributed by atoms with Crippen LogP contribution >= 0.6 is 0 Å². The molecule has 9 heteroatoms. The number of carbonyl (C=O) groups is 3. The van der Waals surface area contributed by atoms with E-state index in [1.807, 2.05) is 6.42 Å². The molecule has 0 bridgehead atoms. The molecule has 0 unspecified atom stereocenters. The van der Waals surface area contributed by atoms with Crippen LogP contribution in [0.3, 0.4) is 0 Å². The molecule has 0 aromatic heterocycles. The summed E-state index contributed by atoms with van der Waals surface area (Å²) in [5.74, 6) is -4.20. The number of rotatable bonds is 3. The van der Waals surface area contributed by atoms with Gasteiger partial charge in [0, 0.05) is 21.1 Å². The second-order valence-corrected chi connectivity index (χ2v) is 5.24. The molecule has 0 aliphatic heterocycles. The average molecular weight is 518 g/mol. The average Bonchev–Trinajstić information content (AvgIpc) is 2.46. The third kappa shape index (κ3) is 6.78. The van der Waals surface area contributed by atoms with Gasteiger partial charge in [-0.25, -0.2) is 14.4 Å². The van der Waals surface area contributed by atoms with Crippen LogP contribution in [0, 0.1) is 6.42 Å². The van der Waals surface area contributed by atoms with Crippen LogP contribution in [0.1, 0.15) is 56.8 Å². The third-order valence-electron chi connectivity index (χ3n) is 3.32. The molecule has 2 rings (SSSR count). The van der Waals surface area contributed by atoms with Crippen LogP contribution in [0.4, 0.5) is 0 Å². The van der Waals surface area contributed by atoms with E-state index in [2.05, 4.69) is 0 Å². The first-order valence-corrected chi connectivity index (χ1v) is 6.90. The van der Waals surface area contributed by atoms with Crippen LogP contribution < -0.4 is 11.5 Å². The van der Waals surface area contributed by atoms with Gasteiger partial charge in [0.05, 0.1) is 16.7 Å². The summed E-state index contributed by atoms with van der Waals surface area (Å²) in [6.07, 6.45) is 6.50. The molecule has 7 N–H and O–H groups in total. The molecule has 0 radical (unpaired) electrons. The van der Waals surface area contributed by atoms with E-state index >= 15 is 0 Å². The number of aromatic carboxylic acids is 3. The van der Waals surface area contributed by atoms with Crippen molar-refractivity contribution in [2.75, 3.05) is 0 Å². The monoisotopic (exact) mass is 518 g/mol. The summed E-state index contributed by atoms with van der Waals surface area (Å²) >= 11 is 0. The first kappa shape index (κ1) is 22.2. The number of hydrogen-bond acceptors (Lipinski definition) is 5. The van der Waals surface area contributed by atoms with Crippen molar-refractivity contribution in [2.24, 2.45) is 11.5 Å². The van der Waals surface area contributed by atoms with Crippen molar-refractivity contribution in [3.8, 4) is 0 Å². The van der Waals surface area contributed by atoms with E-state index < -0.39 is 34.7 Å². The summed E-state index contributed by atoms with van der Waals surface area (Å²) < 4.78 is 0. The maximum atomic E-state index is 10.6. The molecule has 0 spiro atoms. The fourth-order valence-electron chi connectivity index (χ4n) is 2.09. The molecule has 1 saturated carbocycles. The molecule has 136 valence electrons.